The van der Waals surface area contributed by atoms with Crippen LogP contribution in [0.1, 0.15) is 50.5 Å². The predicted molar refractivity (Wildman–Crippen MR) is 118 cm³/mol. The fraction of sp³-hybridized carbons (Fsp3) is 0.625. The molecule has 1 aliphatic heterocycles. The molecule has 2 fully saturated rings. The number of rotatable bonds is 5. The van der Waals surface area contributed by atoms with Crippen LogP contribution in [0, 0.1) is 0 Å². The number of para-hydroxylation sites is 1. The third-order valence-electron chi connectivity index (χ3n) is 6.64. The Morgan fingerprint density at radius 2 is 1.79 bits per heavy atom. The maximum absolute atomic E-state index is 13.0. The third kappa shape index (κ3) is 4.84. The number of nitrogens with zero attached hydrogens (tertiary/aromatic N) is 3. The van der Waals surface area contributed by atoms with E-state index in [1.165, 1.54) is 37.9 Å². The largest absolute Gasteiger partial charge is 0.446 e. The summed E-state index contributed by atoms with van der Waals surface area (Å²) in [7, 11) is 4.15. The third-order valence-corrected chi connectivity index (χ3v) is 6.64. The summed E-state index contributed by atoms with van der Waals surface area (Å²) in [4.78, 5) is 17.8. The van der Waals surface area contributed by atoms with E-state index >= 15 is 0 Å². The normalized spacial score (nSPS) is 23.6. The molecule has 5 nitrogen and oxygen atoms in total. The highest BCUT2D eigenvalue weighted by atomic mass is 16.6. The Kier molecular flexibility index (Phi) is 6.56. The van der Waals surface area contributed by atoms with Crippen LogP contribution in [0.25, 0.3) is 10.9 Å². The maximum Gasteiger partial charge on any atom is 0.418 e. The summed E-state index contributed by atoms with van der Waals surface area (Å²) in [5.41, 5.74) is 2.16. The summed E-state index contributed by atoms with van der Waals surface area (Å²) < 4.78 is 7.67. The molecule has 2 aliphatic rings. The van der Waals surface area contributed by atoms with E-state index in [1.807, 2.05) is 24.4 Å². The first kappa shape index (κ1) is 20.4. The lowest BCUT2D eigenvalue weighted by Gasteiger charge is -2.38. The topological polar surface area (TPSA) is 37.7 Å². The molecule has 0 radical (unpaired) electrons. The van der Waals surface area contributed by atoms with Crippen LogP contribution < -0.4 is 0 Å². The molecule has 1 aromatic carbocycles. The Bertz CT molecular complexity index is 815. The molecule has 0 unspecified atom stereocenters. The minimum Gasteiger partial charge on any atom is -0.446 e. The lowest BCUT2D eigenvalue weighted by molar-refractivity contribution is 0.0439. The highest BCUT2D eigenvalue weighted by Gasteiger charge is 2.29. The first-order valence-electron chi connectivity index (χ1n) is 11.3. The standard InChI is InChI=1S/C24H35N3O2/c1-25(2)17-14-19-18-27(23-9-5-4-8-22(19)23)24(28)29-21-12-10-20(11-13-21)26-15-6-3-7-16-26/h4-5,8-9,18,20-21H,3,6-7,10-17H2,1-2H3. The fourth-order valence-electron chi connectivity index (χ4n) is 4.96. The van der Waals surface area contributed by atoms with Gasteiger partial charge in [-0.25, -0.2) is 4.79 Å². The number of likely N-dealkylation sites (tertiary alicyclic amines) is 1. The average molecular weight is 398 g/mol. The van der Waals surface area contributed by atoms with Crippen molar-refractivity contribution in [1.29, 1.82) is 0 Å². The van der Waals surface area contributed by atoms with Crippen molar-refractivity contribution in [2.45, 2.75) is 63.5 Å². The molecule has 5 heteroatoms. The second kappa shape index (κ2) is 9.31. The molecule has 0 atom stereocenters. The molecule has 1 saturated heterocycles. The number of hydrogen-bond donors (Lipinski definition) is 0. The number of likely N-dealkylation sites (N-methyl/N-ethyl adjacent to an activating group) is 1. The molecule has 1 aromatic heterocycles. The van der Waals surface area contributed by atoms with E-state index in [2.05, 4.69) is 30.0 Å². The van der Waals surface area contributed by atoms with Crippen LogP contribution in [0.5, 0.6) is 0 Å². The molecule has 4 rings (SSSR count). The first-order valence-corrected chi connectivity index (χ1v) is 11.3. The van der Waals surface area contributed by atoms with Crippen LogP contribution in [-0.2, 0) is 11.2 Å². The zero-order chi connectivity index (χ0) is 20.2. The Hall–Kier alpha value is -1.85. The summed E-state index contributed by atoms with van der Waals surface area (Å²) in [5, 5.41) is 1.15. The van der Waals surface area contributed by atoms with Gasteiger partial charge in [-0.1, -0.05) is 24.6 Å². The van der Waals surface area contributed by atoms with E-state index in [0.29, 0.717) is 6.04 Å². The van der Waals surface area contributed by atoms with Crippen molar-refractivity contribution in [2.24, 2.45) is 0 Å². The molecule has 1 saturated carbocycles. The van der Waals surface area contributed by atoms with Gasteiger partial charge in [0, 0.05) is 24.2 Å². The van der Waals surface area contributed by atoms with Crippen molar-refractivity contribution in [3.05, 3.63) is 36.0 Å². The molecule has 2 heterocycles. The minimum atomic E-state index is -0.223. The van der Waals surface area contributed by atoms with Gasteiger partial charge in [-0.3, -0.25) is 4.57 Å². The zero-order valence-electron chi connectivity index (χ0n) is 18.0. The van der Waals surface area contributed by atoms with Crippen molar-refractivity contribution in [3.63, 3.8) is 0 Å². The van der Waals surface area contributed by atoms with Crippen molar-refractivity contribution in [3.8, 4) is 0 Å². The minimum absolute atomic E-state index is 0.0509. The monoisotopic (exact) mass is 397 g/mol. The summed E-state index contributed by atoms with van der Waals surface area (Å²) in [6.45, 7) is 3.46. The molecular weight excluding hydrogens is 362 g/mol. The smallest absolute Gasteiger partial charge is 0.418 e. The number of piperidine rings is 1. The molecule has 0 spiro atoms. The van der Waals surface area contributed by atoms with Gasteiger partial charge in [-0.05, 0) is 83.8 Å². The van der Waals surface area contributed by atoms with Crippen molar-refractivity contribution < 1.29 is 9.53 Å². The van der Waals surface area contributed by atoms with Crippen LogP contribution in [0.15, 0.2) is 30.5 Å². The lowest BCUT2D eigenvalue weighted by Crippen LogP contribution is -2.42. The van der Waals surface area contributed by atoms with E-state index < -0.39 is 0 Å². The fourth-order valence-corrected chi connectivity index (χ4v) is 4.96. The van der Waals surface area contributed by atoms with Crippen LogP contribution in [0.2, 0.25) is 0 Å². The average Bonchev–Trinajstić information content (AvgIpc) is 3.12. The second-order valence-corrected chi connectivity index (χ2v) is 9.01. The number of ether oxygens (including phenoxy) is 1. The van der Waals surface area contributed by atoms with Gasteiger partial charge >= 0.3 is 6.09 Å². The van der Waals surface area contributed by atoms with Gasteiger partial charge in [-0.2, -0.15) is 0 Å². The van der Waals surface area contributed by atoms with Crippen LogP contribution in [0.4, 0.5) is 4.79 Å². The Balaban J connectivity index is 1.39. The Morgan fingerprint density at radius 3 is 2.52 bits per heavy atom. The molecule has 2 aromatic rings. The molecule has 0 amide bonds. The number of hydrogen-bond acceptors (Lipinski definition) is 4. The zero-order valence-corrected chi connectivity index (χ0v) is 18.0. The summed E-state index contributed by atoms with van der Waals surface area (Å²) in [6, 6.07) is 8.84. The van der Waals surface area contributed by atoms with E-state index in [9.17, 15) is 4.79 Å². The Morgan fingerprint density at radius 1 is 1.07 bits per heavy atom. The van der Waals surface area contributed by atoms with Crippen molar-refractivity contribution in [1.82, 2.24) is 14.4 Å². The van der Waals surface area contributed by atoms with E-state index in [1.54, 1.807) is 4.57 Å². The van der Waals surface area contributed by atoms with Crippen molar-refractivity contribution >= 4 is 17.0 Å². The number of fused-ring (bicyclic) bond motifs is 1. The maximum atomic E-state index is 13.0. The van der Waals surface area contributed by atoms with Gasteiger partial charge in [0.25, 0.3) is 0 Å². The summed E-state index contributed by atoms with van der Waals surface area (Å²) in [6.07, 6.45) is 11.1. The number of carbonyl (C=O) groups excluding carboxylic acids is 1. The van der Waals surface area contributed by atoms with Gasteiger partial charge in [0.05, 0.1) is 5.52 Å². The van der Waals surface area contributed by atoms with Gasteiger partial charge in [-0.15, -0.1) is 0 Å². The summed E-state index contributed by atoms with van der Waals surface area (Å²) >= 11 is 0. The quantitative estimate of drug-likeness (QED) is 0.743. The Labute approximate surface area is 174 Å². The molecule has 0 bridgehead atoms. The van der Waals surface area contributed by atoms with Crippen LogP contribution in [-0.4, -0.2) is 66.3 Å². The van der Waals surface area contributed by atoms with Gasteiger partial charge in [0.15, 0.2) is 0 Å². The van der Waals surface area contributed by atoms with Gasteiger partial charge in [0.2, 0.25) is 0 Å². The van der Waals surface area contributed by atoms with Crippen LogP contribution >= 0.6 is 0 Å². The van der Waals surface area contributed by atoms with Gasteiger partial charge < -0.3 is 14.5 Å². The second-order valence-electron chi connectivity index (χ2n) is 9.01. The molecule has 29 heavy (non-hydrogen) atoms. The molecular formula is C24H35N3O2. The number of carbonyl (C=O) groups is 1. The SMILES string of the molecule is CN(C)CCc1cn(C(=O)OC2CCC(N3CCCCC3)CC2)c2ccccc12. The predicted octanol–water partition coefficient (Wildman–Crippen LogP) is 4.53. The molecule has 1 aliphatic carbocycles. The highest BCUT2D eigenvalue weighted by molar-refractivity contribution is 5.92. The van der Waals surface area contributed by atoms with Crippen molar-refractivity contribution in [2.75, 3.05) is 33.7 Å². The number of benzene rings is 1. The lowest BCUT2D eigenvalue weighted by atomic mass is 9.90. The molecule has 158 valence electrons. The van der Waals surface area contributed by atoms with E-state index in [0.717, 1.165) is 49.6 Å². The van der Waals surface area contributed by atoms with E-state index in [-0.39, 0.29) is 12.2 Å². The number of aromatic nitrogens is 1. The van der Waals surface area contributed by atoms with Gasteiger partial charge in [0.1, 0.15) is 6.10 Å². The van der Waals surface area contributed by atoms with Crippen LogP contribution in [0.3, 0.4) is 0 Å². The first-order chi connectivity index (χ1) is 14.1. The summed E-state index contributed by atoms with van der Waals surface area (Å²) in [5.74, 6) is 0. The highest BCUT2D eigenvalue weighted by Crippen LogP contribution is 2.28. The molecule has 0 N–H and O–H groups in total. The van der Waals surface area contributed by atoms with E-state index in [4.69, 9.17) is 4.74 Å².